The van der Waals surface area contributed by atoms with Crippen LogP contribution in [0.2, 0.25) is 0 Å². The predicted octanol–water partition coefficient (Wildman–Crippen LogP) is 2.40. The molecule has 0 fully saturated rings. The smallest absolute Gasteiger partial charge is 0.319 e. The minimum absolute atomic E-state index is 0.0181. The predicted molar refractivity (Wildman–Crippen MR) is 96.3 cm³/mol. The first-order valence-electron chi connectivity index (χ1n) is 7.48. The van der Waals surface area contributed by atoms with Gasteiger partial charge in [0.2, 0.25) is 5.91 Å². The Balaban J connectivity index is 2.31. The zero-order chi connectivity index (χ0) is 17.5. The van der Waals surface area contributed by atoms with Crippen molar-refractivity contribution in [3.8, 4) is 0 Å². The maximum Gasteiger partial charge on any atom is 0.319 e. The van der Waals surface area contributed by atoms with E-state index in [-0.39, 0.29) is 30.3 Å². The monoisotopic (exact) mass is 384 g/mol. The van der Waals surface area contributed by atoms with Crippen molar-refractivity contribution in [3.63, 3.8) is 0 Å². The zero-order valence-corrected chi connectivity index (χ0v) is 15.4. The summed E-state index contributed by atoms with van der Waals surface area (Å²) >= 11 is 3.33. The third-order valence-corrected chi connectivity index (χ3v) is 3.90. The molecule has 3 amide bonds. The molecule has 7 heteroatoms. The summed E-state index contributed by atoms with van der Waals surface area (Å²) in [6.45, 7) is 5.42. The fourth-order valence-electron chi connectivity index (χ4n) is 1.98. The van der Waals surface area contributed by atoms with Crippen molar-refractivity contribution in [1.82, 2.24) is 10.2 Å². The van der Waals surface area contributed by atoms with Crippen LogP contribution < -0.4 is 16.4 Å². The van der Waals surface area contributed by atoms with Crippen molar-refractivity contribution in [2.24, 2.45) is 11.1 Å². The second-order valence-electron chi connectivity index (χ2n) is 6.26. The van der Waals surface area contributed by atoms with E-state index in [0.717, 1.165) is 4.47 Å². The fourth-order valence-corrected chi connectivity index (χ4v) is 2.24. The molecule has 4 N–H and O–H groups in total. The van der Waals surface area contributed by atoms with Crippen molar-refractivity contribution in [2.75, 3.05) is 32.0 Å². The summed E-state index contributed by atoms with van der Waals surface area (Å²) in [6, 6.07) is 6.93. The van der Waals surface area contributed by atoms with E-state index in [4.69, 9.17) is 5.73 Å². The highest BCUT2D eigenvalue weighted by Gasteiger charge is 2.20. The van der Waals surface area contributed by atoms with Crippen LogP contribution in [0.25, 0.3) is 0 Å². The van der Waals surface area contributed by atoms with Gasteiger partial charge in [-0.1, -0.05) is 29.8 Å². The number of hydrogen-bond acceptors (Lipinski definition) is 3. The van der Waals surface area contributed by atoms with Crippen molar-refractivity contribution < 1.29 is 9.59 Å². The average molecular weight is 385 g/mol. The van der Waals surface area contributed by atoms with Gasteiger partial charge < -0.3 is 21.3 Å². The first-order valence-corrected chi connectivity index (χ1v) is 8.27. The van der Waals surface area contributed by atoms with E-state index in [2.05, 4.69) is 26.6 Å². The lowest BCUT2D eigenvalue weighted by atomic mass is 9.93. The van der Waals surface area contributed by atoms with Crippen LogP contribution in [0.3, 0.4) is 0 Å². The number of nitrogens with zero attached hydrogens (tertiary/aromatic N) is 1. The standard InChI is InChI=1S/C16H25BrN4O2/c1-16(2,10-18)11-21(3)14(22)8-9-19-15(23)20-13-6-4-12(17)5-7-13/h4-7H,8-11,18H2,1-3H3,(H2,19,20,23). The van der Waals surface area contributed by atoms with Gasteiger partial charge in [0.15, 0.2) is 0 Å². The van der Waals surface area contributed by atoms with Gasteiger partial charge in [0.05, 0.1) is 0 Å². The van der Waals surface area contributed by atoms with Crippen LogP contribution in [0.5, 0.6) is 0 Å². The second-order valence-corrected chi connectivity index (χ2v) is 7.17. The number of rotatable bonds is 7. The first kappa shape index (κ1) is 19.4. The molecular formula is C16H25BrN4O2. The Morgan fingerprint density at radius 1 is 1.26 bits per heavy atom. The van der Waals surface area contributed by atoms with Crippen LogP contribution in [0.1, 0.15) is 20.3 Å². The van der Waals surface area contributed by atoms with Crippen LogP contribution in [0.4, 0.5) is 10.5 Å². The van der Waals surface area contributed by atoms with Gasteiger partial charge in [-0.25, -0.2) is 4.79 Å². The van der Waals surface area contributed by atoms with Gasteiger partial charge in [0.1, 0.15) is 0 Å². The van der Waals surface area contributed by atoms with E-state index in [1.807, 2.05) is 26.0 Å². The molecule has 0 atom stereocenters. The van der Waals surface area contributed by atoms with Gasteiger partial charge in [0, 0.05) is 36.7 Å². The minimum Gasteiger partial charge on any atom is -0.345 e. The van der Waals surface area contributed by atoms with Crippen molar-refractivity contribution in [3.05, 3.63) is 28.7 Å². The molecule has 0 heterocycles. The maximum atomic E-state index is 12.0. The number of carbonyl (C=O) groups excluding carboxylic acids is 2. The number of benzene rings is 1. The zero-order valence-electron chi connectivity index (χ0n) is 13.9. The summed E-state index contributed by atoms with van der Waals surface area (Å²) in [5.41, 5.74) is 6.25. The number of amides is 3. The SMILES string of the molecule is CN(CC(C)(C)CN)C(=O)CCNC(=O)Nc1ccc(Br)cc1. The van der Waals surface area contributed by atoms with Crippen molar-refractivity contribution >= 4 is 33.6 Å². The highest BCUT2D eigenvalue weighted by Crippen LogP contribution is 2.15. The Labute approximate surface area is 145 Å². The molecular weight excluding hydrogens is 360 g/mol. The highest BCUT2D eigenvalue weighted by molar-refractivity contribution is 9.10. The van der Waals surface area contributed by atoms with E-state index in [9.17, 15) is 9.59 Å². The minimum atomic E-state index is -0.329. The molecule has 0 saturated carbocycles. The van der Waals surface area contributed by atoms with Crippen molar-refractivity contribution in [2.45, 2.75) is 20.3 Å². The number of carbonyl (C=O) groups is 2. The largest absolute Gasteiger partial charge is 0.345 e. The Kier molecular flexibility index (Phi) is 7.51. The number of anilines is 1. The summed E-state index contributed by atoms with van der Waals surface area (Å²) in [7, 11) is 1.75. The highest BCUT2D eigenvalue weighted by atomic mass is 79.9. The maximum absolute atomic E-state index is 12.0. The molecule has 0 aliphatic carbocycles. The van der Waals surface area contributed by atoms with Gasteiger partial charge in [-0.15, -0.1) is 0 Å². The molecule has 0 bridgehead atoms. The molecule has 0 unspecified atom stereocenters. The Bertz CT molecular complexity index is 531. The van der Waals surface area contributed by atoms with Crippen LogP contribution >= 0.6 is 15.9 Å². The third kappa shape index (κ3) is 7.47. The summed E-state index contributed by atoms with van der Waals surface area (Å²) in [6.07, 6.45) is 0.255. The van der Waals surface area contributed by atoms with Gasteiger partial charge in [-0.2, -0.15) is 0 Å². The molecule has 0 spiro atoms. The summed E-state index contributed by atoms with van der Waals surface area (Å²) in [5.74, 6) is -0.0181. The lowest BCUT2D eigenvalue weighted by Gasteiger charge is -2.29. The van der Waals surface area contributed by atoms with Gasteiger partial charge in [-0.05, 0) is 36.2 Å². The van der Waals surface area contributed by atoms with Crippen LogP contribution in [0, 0.1) is 5.41 Å². The van der Waals surface area contributed by atoms with Crippen molar-refractivity contribution in [1.29, 1.82) is 0 Å². The van der Waals surface area contributed by atoms with E-state index in [1.165, 1.54) is 0 Å². The van der Waals surface area contributed by atoms with E-state index in [0.29, 0.717) is 18.8 Å². The number of urea groups is 1. The molecule has 0 radical (unpaired) electrons. The third-order valence-electron chi connectivity index (χ3n) is 3.37. The number of hydrogen-bond donors (Lipinski definition) is 3. The van der Waals surface area contributed by atoms with Gasteiger partial charge in [0.25, 0.3) is 0 Å². The molecule has 1 aromatic rings. The summed E-state index contributed by atoms with van der Waals surface area (Å²) in [4.78, 5) is 25.4. The van der Waals surface area contributed by atoms with E-state index in [1.54, 1.807) is 24.1 Å². The molecule has 6 nitrogen and oxygen atoms in total. The molecule has 0 saturated heterocycles. The van der Waals surface area contributed by atoms with E-state index >= 15 is 0 Å². The lowest BCUT2D eigenvalue weighted by molar-refractivity contribution is -0.130. The molecule has 0 aliphatic rings. The van der Waals surface area contributed by atoms with Gasteiger partial charge >= 0.3 is 6.03 Å². The quantitative estimate of drug-likeness (QED) is 0.674. The van der Waals surface area contributed by atoms with E-state index < -0.39 is 0 Å². The van der Waals surface area contributed by atoms with Crippen LogP contribution in [0.15, 0.2) is 28.7 Å². The van der Waals surface area contributed by atoms with Crippen LogP contribution in [-0.2, 0) is 4.79 Å². The second kappa shape index (κ2) is 8.88. The normalized spacial score (nSPS) is 11.0. The van der Waals surface area contributed by atoms with Crippen LogP contribution in [-0.4, -0.2) is 43.5 Å². The lowest BCUT2D eigenvalue weighted by Crippen LogP contribution is -2.41. The average Bonchev–Trinajstić information content (AvgIpc) is 2.49. The molecule has 0 aliphatic heterocycles. The Hall–Kier alpha value is -1.60. The molecule has 1 rings (SSSR count). The molecule has 1 aromatic carbocycles. The first-order chi connectivity index (χ1) is 10.7. The number of nitrogens with two attached hydrogens (primary N) is 1. The summed E-state index contributed by atoms with van der Waals surface area (Å²) in [5, 5.41) is 5.38. The number of nitrogens with one attached hydrogen (secondary N) is 2. The topological polar surface area (TPSA) is 87.5 Å². The summed E-state index contributed by atoms with van der Waals surface area (Å²) < 4.78 is 0.942. The Morgan fingerprint density at radius 2 is 1.87 bits per heavy atom. The molecule has 128 valence electrons. The van der Waals surface area contributed by atoms with Gasteiger partial charge in [-0.3, -0.25) is 4.79 Å². The number of halogens is 1. The Morgan fingerprint density at radius 3 is 2.43 bits per heavy atom. The molecule has 23 heavy (non-hydrogen) atoms. The molecule has 0 aromatic heterocycles. The fraction of sp³-hybridized carbons (Fsp3) is 0.500.